The van der Waals surface area contributed by atoms with Crippen molar-refractivity contribution in [3.8, 4) is 5.75 Å². The first-order chi connectivity index (χ1) is 11.9. The Bertz CT molecular complexity index is 739. The number of hydrogen-bond donors (Lipinski definition) is 2. The van der Waals surface area contributed by atoms with E-state index in [0.29, 0.717) is 23.7 Å². The van der Waals surface area contributed by atoms with Crippen LogP contribution in [0.15, 0.2) is 36.5 Å². The number of aromatic nitrogens is 2. The molecule has 0 aliphatic carbocycles. The molecule has 0 saturated carbocycles. The van der Waals surface area contributed by atoms with Gasteiger partial charge in [0, 0.05) is 19.3 Å². The van der Waals surface area contributed by atoms with Crippen LogP contribution in [0.4, 0.5) is 5.82 Å². The molecule has 0 bridgehead atoms. The van der Waals surface area contributed by atoms with Gasteiger partial charge in [0.05, 0.1) is 12.2 Å². The lowest BCUT2D eigenvalue weighted by Gasteiger charge is -2.21. The highest BCUT2D eigenvalue weighted by Crippen LogP contribution is 2.18. The number of amides is 2. The number of nitrogens with one attached hydrogen (secondary N) is 2. The zero-order valence-corrected chi connectivity index (χ0v) is 14.9. The Morgan fingerprint density at radius 2 is 1.96 bits per heavy atom. The molecule has 0 aliphatic rings. The lowest BCUT2D eigenvalue weighted by molar-refractivity contribution is -0.118. The number of carbonyl (C=O) groups excluding carboxylic acids is 2. The molecule has 0 aliphatic heterocycles. The van der Waals surface area contributed by atoms with E-state index in [1.54, 1.807) is 48.3 Å². The van der Waals surface area contributed by atoms with Crippen molar-refractivity contribution in [2.75, 3.05) is 11.9 Å². The van der Waals surface area contributed by atoms with E-state index in [1.165, 1.54) is 0 Å². The third-order valence-electron chi connectivity index (χ3n) is 3.63. The van der Waals surface area contributed by atoms with Crippen LogP contribution in [-0.4, -0.2) is 34.2 Å². The van der Waals surface area contributed by atoms with Gasteiger partial charge in [-0.1, -0.05) is 26.0 Å². The van der Waals surface area contributed by atoms with E-state index < -0.39 is 6.04 Å². The van der Waals surface area contributed by atoms with Gasteiger partial charge in [0.25, 0.3) is 5.91 Å². The van der Waals surface area contributed by atoms with E-state index in [0.717, 1.165) is 0 Å². The van der Waals surface area contributed by atoms with Gasteiger partial charge < -0.3 is 15.4 Å². The second-order valence-electron chi connectivity index (χ2n) is 5.99. The van der Waals surface area contributed by atoms with Crippen molar-refractivity contribution in [2.24, 2.45) is 13.0 Å². The van der Waals surface area contributed by atoms with Gasteiger partial charge in [0.15, 0.2) is 5.82 Å². The molecule has 1 atom stereocenters. The standard InChI is InChI=1S/C18H24N4O3/c1-5-25-14-9-7-6-8-13(14)17(23)20-16(12(2)3)18(24)19-15-10-11-22(4)21-15/h6-12,16H,5H2,1-4H3,(H,20,23)(H,19,21,24)/t16-/m1/s1. The molecule has 0 spiro atoms. The van der Waals surface area contributed by atoms with Gasteiger partial charge in [-0.3, -0.25) is 14.3 Å². The number of benzene rings is 1. The molecule has 25 heavy (non-hydrogen) atoms. The molecule has 2 N–H and O–H groups in total. The number of rotatable bonds is 7. The Labute approximate surface area is 147 Å². The predicted molar refractivity (Wildman–Crippen MR) is 95.5 cm³/mol. The van der Waals surface area contributed by atoms with E-state index in [9.17, 15) is 9.59 Å². The Morgan fingerprint density at radius 3 is 2.56 bits per heavy atom. The maximum absolute atomic E-state index is 12.6. The fourth-order valence-electron chi connectivity index (χ4n) is 2.38. The fraction of sp³-hybridized carbons (Fsp3) is 0.389. The highest BCUT2D eigenvalue weighted by atomic mass is 16.5. The quantitative estimate of drug-likeness (QED) is 0.806. The van der Waals surface area contributed by atoms with Crippen molar-refractivity contribution in [1.82, 2.24) is 15.1 Å². The van der Waals surface area contributed by atoms with E-state index in [-0.39, 0.29) is 17.7 Å². The van der Waals surface area contributed by atoms with Gasteiger partial charge in [0.2, 0.25) is 5.91 Å². The molecular formula is C18H24N4O3. The number of ether oxygens (including phenoxy) is 1. The summed E-state index contributed by atoms with van der Waals surface area (Å²) in [4.78, 5) is 25.2. The predicted octanol–water partition coefficient (Wildman–Crippen LogP) is 2.21. The van der Waals surface area contributed by atoms with Crippen LogP contribution >= 0.6 is 0 Å². The van der Waals surface area contributed by atoms with Crippen molar-refractivity contribution in [1.29, 1.82) is 0 Å². The lowest BCUT2D eigenvalue weighted by atomic mass is 10.0. The Kier molecular flexibility index (Phi) is 6.16. The van der Waals surface area contributed by atoms with Gasteiger partial charge in [-0.05, 0) is 25.0 Å². The van der Waals surface area contributed by atoms with E-state index in [2.05, 4.69) is 15.7 Å². The minimum atomic E-state index is -0.691. The molecule has 0 radical (unpaired) electrons. The number of hydrogen-bond acceptors (Lipinski definition) is 4. The Hall–Kier alpha value is -2.83. The highest BCUT2D eigenvalue weighted by Gasteiger charge is 2.26. The summed E-state index contributed by atoms with van der Waals surface area (Å²) in [5.74, 6) is 0.194. The molecule has 2 aromatic rings. The van der Waals surface area contributed by atoms with E-state index in [4.69, 9.17) is 4.74 Å². The minimum Gasteiger partial charge on any atom is -0.493 e. The Morgan fingerprint density at radius 1 is 1.24 bits per heavy atom. The van der Waals surface area contributed by atoms with Crippen molar-refractivity contribution in [3.63, 3.8) is 0 Å². The minimum absolute atomic E-state index is 0.0908. The van der Waals surface area contributed by atoms with Crippen LogP contribution in [0.2, 0.25) is 0 Å². The molecule has 1 aromatic carbocycles. The van der Waals surface area contributed by atoms with Crippen LogP contribution in [0.3, 0.4) is 0 Å². The van der Waals surface area contributed by atoms with Crippen molar-refractivity contribution >= 4 is 17.6 Å². The molecule has 0 unspecified atom stereocenters. The molecule has 2 amide bonds. The summed E-state index contributed by atoms with van der Waals surface area (Å²) < 4.78 is 7.08. The van der Waals surface area contributed by atoms with Crippen LogP contribution in [0.1, 0.15) is 31.1 Å². The molecular weight excluding hydrogens is 320 g/mol. The smallest absolute Gasteiger partial charge is 0.255 e. The first kappa shape index (κ1) is 18.5. The summed E-state index contributed by atoms with van der Waals surface area (Å²) >= 11 is 0. The Balaban J connectivity index is 2.13. The SMILES string of the molecule is CCOc1ccccc1C(=O)N[C@@H](C(=O)Nc1ccn(C)n1)C(C)C. The largest absolute Gasteiger partial charge is 0.493 e. The van der Waals surface area contributed by atoms with Crippen LogP contribution in [0, 0.1) is 5.92 Å². The third-order valence-corrected chi connectivity index (χ3v) is 3.63. The maximum atomic E-state index is 12.6. The molecule has 1 heterocycles. The first-order valence-electron chi connectivity index (χ1n) is 8.25. The normalized spacial score (nSPS) is 11.9. The molecule has 7 nitrogen and oxygen atoms in total. The second-order valence-corrected chi connectivity index (χ2v) is 5.99. The number of anilines is 1. The summed E-state index contributed by atoms with van der Waals surface area (Å²) in [6, 6.07) is 7.97. The number of nitrogens with zero attached hydrogens (tertiary/aromatic N) is 2. The van der Waals surface area contributed by atoms with Gasteiger partial charge in [-0.25, -0.2) is 0 Å². The third kappa shape index (κ3) is 4.82. The van der Waals surface area contributed by atoms with E-state index in [1.807, 2.05) is 20.8 Å². The van der Waals surface area contributed by atoms with Gasteiger partial charge in [-0.15, -0.1) is 0 Å². The van der Waals surface area contributed by atoms with Crippen molar-refractivity contribution in [3.05, 3.63) is 42.1 Å². The van der Waals surface area contributed by atoms with Crippen LogP contribution in [0.25, 0.3) is 0 Å². The molecule has 134 valence electrons. The molecule has 2 rings (SSSR count). The molecule has 0 fully saturated rings. The van der Waals surface area contributed by atoms with Gasteiger partial charge in [0.1, 0.15) is 11.8 Å². The van der Waals surface area contributed by atoms with Crippen LogP contribution in [-0.2, 0) is 11.8 Å². The molecule has 0 saturated heterocycles. The first-order valence-corrected chi connectivity index (χ1v) is 8.25. The summed E-state index contributed by atoms with van der Waals surface area (Å²) in [5.41, 5.74) is 0.403. The van der Waals surface area contributed by atoms with Gasteiger partial charge >= 0.3 is 0 Å². The van der Waals surface area contributed by atoms with Crippen LogP contribution < -0.4 is 15.4 Å². The monoisotopic (exact) mass is 344 g/mol. The zero-order valence-electron chi connectivity index (χ0n) is 14.9. The number of aryl methyl sites for hydroxylation is 1. The fourth-order valence-corrected chi connectivity index (χ4v) is 2.38. The van der Waals surface area contributed by atoms with Gasteiger partial charge in [-0.2, -0.15) is 5.10 Å². The summed E-state index contributed by atoms with van der Waals surface area (Å²) in [6.07, 6.45) is 1.73. The zero-order chi connectivity index (χ0) is 18.4. The molecule has 1 aromatic heterocycles. The number of carbonyl (C=O) groups is 2. The second kappa shape index (κ2) is 8.32. The molecule has 7 heteroatoms. The maximum Gasteiger partial charge on any atom is 0.255 e. The lowest BCUT2D eigenvalue weighted by Crippen LogP contribution is -2.47. The average molecular weight is 344 g/mol. The van der Waals surface area contributed by atoms with Crippen LogP contribution in [0.5, 0.6) is 5.75 Å². The van der Waals surface area contributed by atoms with E-state index >= 15 is 0 Å². The number of para-hydroxylation sites is 1. The van der Waals surface area contributed by atoms with Crippen molar-refractivity contribution in [2.45, 2.75) is 26.8 Å². The summed E-state index contributed by atoms with van der Waals surface area (Å²) in [7, 11) is 1.77. The average Bonchev–Trinajstić information content (AvgIpc) is 2.97. The topological polar surface area (TPSA) is 85.2 Å². The highest BCUT2D eigenvalue weighted by molar-refractivity contribution is 6.02. The summed E-state index contributed by atoms with van der Waals surface area (Å²) in [6.45, 7) is 6.05. The van der Waals surface area contributed by atoms with Crippen molar-refractivity contribution < 1.29 is 14.3 Å². The summed E-state index contributed by atoms with van der Waals surface area (Å²) in [5, 5.41) is 9.64.